The van der Waals surface area contributed by atoms with Gasteiger partial charge in [-0.3, -0.25) is 0 Å². The van der Waals surface area contributed by atoms with E-state index in [-0.39, 0.29) is 5.41 Å². The Kier molecular flexibility index (Phi) is 4.40. The smallest absolute Gasteiger partial charge is 0.159 e. The molecule has 0 atom stereocenters. The molecule has 0 bridgehead atoms. The molecule has 2 aromatic heterocycles. The number of nitrogens with zero attached hydrogens (tertiary/aromatic N) is 6. The fourth-order valence-electron chi connectivity index (χ4n) is 3.35. The standard InChI is InChI=1S/C18H26N6O2/c1-18(2,3)17-19-13(10-25-4)7-14(20-17)23-8-12(9-23)16-22-21-15-11-26-6-5-24(15)16/h7,12H,5-6,8-11H2,1-4H3. The lowest BCUT2D eigenvalue weighted by Crippen LogP contribution is -2.47. The second-order valence-electron chi connectivity index (χ2n) is 8.00. The van der Waals surface area contributed by atoms with Gasteiger partial charge in [-0.15, -0.1) is 10.2 Å². The van der Waals surface area contributed by atoms with Crippen molar-refractivity contribution < 1.29 is 9.47 Å². The van der Waals surface area contributed by atoms with E-state index in [9.17, 15) is 0 Å². The minimum Gasteiger partial charge on any atom is -0.378 e. The molecule has 0 amide bonds. The number of hydrogen-bond acceptors (Lipinski definition) is 7. The maximum atomic E-state index is 5.45. The van der Waals surface area contributed by atoms with E-state index in [0.717, 1.165) is 55.2 Å². The summed E-state index contributed by atoms with van der Waals surface area (Å²) in [5.41, 5.74) is 0.817. The first kappa shape index (κ1) is 17.4. The van der Waals surface area contributed by atoms with Gasteiger partial charge in [-0.2, -0.15) is 0 Å². The minimum atomic E-state index is -0.102. The summed E-state index contributed by atoms with van der Waals surface area (Å²) in [6.07, 6.45) is 0. The molecular formula is C18H26N6O2. The van der Waals surface area contributed by atoms with Gasteiger partial charge in [-0.1, -0.05) is 20.8 Å². The van der Waals surface area contributed by atoms with Crippen LogP contribution in [0.25, 0.3) is 0 Å². The van der Waals surface area contributed by atoms with Crippen molar-refractivity contribution in [1.29, 1.82) is 0 Å². The van der Waals surface area contributed by atoms with Gasteiger partial charge in [0.1, 0.15) is 24.1 Å². The quantitative estimate of drug-likeness (QED) is 0.822. The van der Waals surface area contributed by atoms with E-state index < -0.39 is 0 Å². The molecule has 8 nitrogen and oxygen atoms in total. The molecule has 4 rings (SSSR count). The van der Waals surface area contributed by atoms with Gasteiger partial charge in [0.15, 0.2) is 5.82 Å². The van der Waals surface area contributed by atoms with Gasteiger partial charge in [0.25, 0.3) is 0 Å². The lowest BCUT2D eigenvalue weighted by atomic mass is 9.95. The predicted octanol–water partition coefficient (Wildman–Crippen LogP) is 1.65. The molecule has 26 heavy (non-hydrogen) atoms. The number of anilines is 1. The number of rotatable bonds is 4. The molecule has 0 unspecified atom stereocenters. The van der Waals surface area contributed by atoms with Crippen LogP contribution in [-0.4, -0.2) is 51.5 Å². The van der Waals surface area contributed by atoms with Gasteiger partial charge in [-0.25, -0.2) is 9.97 Å². The van der Waals surface area contributed by atoms with Gasteiger partial charge in [-0.05, 0) is 0 Å². The van der Waals surface area contributed by atoms with Crippen molar-refractivity contribution in [2.75, 3.05) is 31.7 Å². The SMILES string of the molecule is COCc1cc(N2CC(c3nnc4n3CCOC4)C2)nc(C(C)(C)C)n1. The van der Waals surface area contributed by atoms with Crippen LogP contribution in [0.15, 0.2) is 6.07 Å². The van der Waals surface area contributed by atoms with Crippen LogP contribution in [0.4, 0.5) is 5.82 Å². The first-order chi connectivity index (χ1) is 12.5. The van der Waals surface area contributed by atoms with E-state index in [1.807, 2.05) is 6.07 Å². The van der Waals surface area contributed by atoms with Crippen molar-refractivity contribution in [3.05, 3.63) is 29.2 Å². The average Bonchev–Trinajstić information content (AvgIpc) is 2.97. The summed E-state index contributed by atoms with van der Waals surface area (Å²) in [5, 5.41) is 8.67. The normalized spacial score (nSPS) is 17.9. The fourth-order valence-corrected chi connectivity index (χ4v) is 3.35. The molecule has 0 aliphatic carbocycles. The summed E-state index contributed by atoms with van der Waals surface area (Å²) in [6, 6.07) is 2.03. The van der Waals surface area contributed by atoms with E-state index >= 15 is 0 Å². The number of methoxy groups -OCH3 is 1. The molecule has 1 fully saturated rings. The first-order valence-electron chi connectivity index (χ1n) is 9.08. The monoisotopic (exact) mass is 358 g/mol. The Morgan fingerprint density at radius 1 is 1.23 bits per heavy atom. The van der Waals surface area contributed by atoms with Crippen LogP contribution in [0, 0.1) is 0 Å². The van der Waals surface area contributed by atoms with Crippen molar-refractivity contribution in [1.82, 2.24) is 24.7 Å². The van der Waals surface area contributed by atoms with Crippen molar-refractivity contribution >= 4 is 5.82 Å². The van der Waals surface area contributed by atoms with Crippen LogP contribution in [-0.2, 0) is 34.6 Å². The van der Waals surface area contributed by atoms with Crippen molar-refractivity contribution in [3.8, 4) is 0 Å². The summed E-state index contributed by atoms with van der Waals surface area (Å²) in [7, 11) is 1.69. The highest BCUT2D eigenvalue weighted by molar-refractivity contribution is 5.45. The van der Waals surface area contributed by atoms with Crippen LogP contribution in [0.1, 0.15) is 49.9 Å². The Hall–Kier alpha value is -2.06. The number of hydrogen-bond donors (Lipinski definition) is 0. The van der Waals surface area contributed by atoms with Gasteiger partial charge >= 0.3 is 0 Å². The molecule has 0 spiro atoms. The molecule has 1 saturated heterocycles. The van der Waals surface area contributed by atoms with Crippen molar-refractivity contribution in [3.63, 3.8) is 0 Å². The summed E-state index contributed by atoms with van der Waals surface area (Å²) in [5.74, 6) is 4.21. The van der Waals surface area contributed by atoms with Crippen LogP contribution >= 0.6 is 0 Å². The summed E-state index contributed by atoms with van der Waals surface area (Å²) in [6.45, 7) is 10.8. The zero-order chi connectivity index (χ0) is 18.3. The Morgan fingerprint density at radius 3 is 2.77 bits per heavy atom. The lowest BCUT2D eigenvalue weighted by molar-refractivity contribution is 0.0800. The molecule has 8 heteroatoms. The second kappa shape index (κ2) is 6.59. The Morgan fingerprint density at radius 2 is 2.04 bits per heavy atom. The van der Waals surface area contributed by atoms with E-state index in [0.29, 0.717) is 19.1 Å². The first-order valence-corrected chi connectivity index (χ1v) is 9.08. The third-order valence-corrected chi connectivity index (χ3v) is 4.85. The molecule has 2 aliphatic rings. The van der Waals surface area contributed by atoms with Crippen molar-refractivity contribution in [2.24, 2.45) is 0 Å². The maximum absolute atomic E-state index is 5.45. The predicted molar refractivity (Wildman–Crippen MR) is 96.1 cm³/mol. The highest BCUT2D eigenvalue weighted by Gasteiger charge is 2.35. The summed E-state index contributed by atoms with van der Waals surface area (Å²) in [4.78, 5) is 11.7. The van der Waals surface area contributed by atoms with Crippen LogP contribution in [0.5, 0.6) is 0 Å². The van der Waals surface area contributed by atoms with Crippen LogP contribution < -0.4 is 4.90 Å². The molecule has 0 aromatic carbocycles. The van der Waals surface area contributed by atoms with Gasteiger partial charge < -0.3 is 18.9 Å². The molecule has 4 heterocycles. The topological polar surface area (TPSA) is 78.2 Å². The Balaban J connectivity index is 1.53. The maximum Gasteiger partial charge on any atom is 0.159 e. The number of fused-ring (bicyclic) bond motifs is 1. The number of aromatic nitrogens is 5. The zero-order valence-electron chi connectivity index (χ0n) is 15.9. The van der Waals surface area contributed by atoms with E-state index in [2.05, 4.69) is 45.4 Å². The fraction of sp³-hybridized carbons (Fsp3) is 0.667. The molecule has 2 aromatic rings. The Bertz CT molecular complexity index is 791. The molecule has 140 valence electrons. The van der Waals surface area contributed by atoms with E-state index in [1.165, 1.54) is 0 Å². The lowest BCUT2D eigenvalue weighted by Gasteiger charge is -2.40. The second-order valence-corrected chi connectivity index (χ2v) is 8.00. The Labute approximate surface area is 153 Å². The van der Waals surface area contributed by atoms with E-state index in [4.69, 9.17) is 14.5 Å². The van der Waals surface area contributed by atoms with Crippen LogP contribution in [0.2, 0.25) is 0 Å². The molecule has 2 aliphatic heterocycles. The summed E-state index contributed by atoms with van der Waals surface area (Å²) >= 11 is 0. The average molecular weight is 358 g/mol. The molecule has 0 saturated carbocycles. The van der Waals surface area contributed by atoms with Crippen LogP contribution in [0.3, 0.4) is 0 Å². The van der Waals surface area contributed by atoms with Gasteiger partial charge in [0.05, 0.1) is 24.8 Å². The molecule has 0 radical (unpaired) electrons. The molecule has 0 N–H and O–H groups in total. The third-order valence-electron chi connectivity index (χ3n) is 4.85. The van der Waals surface area contributed by atoms with Gasteiger partial charge in [0, 0.05) is 38.2 Å². The van der Waals surface area contributed by atoms with E-state index in [1.54, 1.807) is 7.11 Å². The minimum absolute atomic E-state index is 0.102. The number of ether oxygens (including phenoxy) is 2. The third kappa shape index (κ3) is 3.19. The molecular weight excluding hydrogens is 332 g/mol. The zero-order valence-corrected chi connectivity index (χ0v) is 15.9. The highest BCUT2D eigenvalue weighted by Crippen LogP contribution is 2.32. The largest absolute Gasteiger partial charge is 0.378 e. The highest BCUT2D eigenvalue weighted by atomic mass is 16.5. The van der Waals surface area contributed by atoms with Crippen molar-refractivity contribution in [2.45, 2.75) is 51.9 Å². The summed E-state index contributed by atoms with van der Waals surface area (Å²) < 4.78 is 12.9. The van der Waals surface area contributed by atoms with Gasteiger partial charge in [0.2, 0.25) is 0 Å².